The number of hydrogen-bond donors (Lipinski definition) is 1. The summed E-state index contributed by atoms with van der Waals surface area (Å²) >= 11 is 0. The summed E-state index contributed by atoms with van der Waals surface area (Å²) in [7, 11) is 1.54. The summed E-state index contributed by atoms with van der Waals surface area (Å²) in [5, 5.41) is 17.0. The zero-order chi connectivity index (χ0) is 9.56. The lowest BCUT2D eigenvalue weighted by Gasteiger charge is -2.11. The van der Waals surface area contributed by atoms with Gasteiger partial charge in [0, 0.05) is 6.54 Å². The number of likely N-dealkylation sites (N-methyl/N-ethyl adjacent to an activating group) is 1. The van der Waals surface area contributed by atoms with Crippen molar-refractivity contribution in [2.45, 2.75) is 0 Å². The quantitative estimate of drug-likeness (QED) is 0.423. The Kier molecular flexibility index (Phi) is 4.70. The van der Waals surface area contributed by atoms with E-state index in [0.717, 1.165) is 0 Å². The van der Waals surface area contributed by atoms with Crippen molar-refractivity contribution in [3.63, 3.8) is 0 Å². The fraction of sp³-hybridized carbons (Fsp3) is 0.800. The van der Waals surface area contributed by atoms with Gasteiger partial charge in [0.25, 0.3) is 5.09 Å². The van der Waals surface area contributed by atoms with Crippen LogP contribution in [0.3, 0.4) is 0 Å². The van der Waals surface area contributed by atoms with Crippen molar-refractivity contribution in [2.24, 2.45) is 0 Å². The van der Waals surface area contributed by atoms with Gasteiger partial charge in [-0.3, -0.25) is 9.69 Å². The van der Waals surface area contributed by atoms with Gasteiger partial charge in [-0.2, -0.15) is 0 Å². The van der Waals surface area contributed by atoms with E-state index in [9.17, 15) is 14.9 Å². The number of nitrogens with zero attached hydrogens (tertiary/aromatic N) is 2. The molecule has 0 amide bonds. The van der Waals surface area contributed by atoms with Crippen LogP contribution in [0, 0.1) is 10.1 Å². The molecular weight excluding hydrogens is 168 g/mol. The number of aliphatic carboxylic acids is 1. The molecule has 7 nitrogen and oxygen atoms in total. The standard InChI is InChI=1S/C5H10N2O5/c1-6(4-5(8)9)2-3-12-7(10)11/h2-4H2,1H3,(H,8,9). The maximum atomic E-state index is 10.1. The fourth-order valence-corrected chi connectivity index (χ4v) is 0.581. The molecule has 0 radical (unpaired) electrons. The molecule has 1 N–H and O–H groups in total. The summed E-state index contributed by atoms with van der Waals surface area (Å²) in [4.78, 5) is 25.1. The lowest BCUT2D eigenvalue weighted by molar-refractivity contribution is -0.757. The Bertz CT molecular complexity index is 171. The Labute approximate surface area is 68.6 Å². The van der Waals surface area contributed by atoms with Crippen LogP contribution in [0.25, 0.3) is 0 Å². The van der Waals surface area contributed by atoms with Crippen LogP contribution < -0.4 is 0 Å². The van der Waals surface area contributed by atoms with E-state index < -0.39 is 11.1 Å². The molecule has 0 heterocycles. The summed E-state index contributed by atoms with van der Waals surface area (Å²) in [5.41, 5.74) is 0. The molecule has 0 spiro atoms. The van der Waals surface area contributed by atoms with E-state index in [1.165, 1.54) is 11.9 Å². The number of carboxylic acids is 1. The zero-order valence-electron chi connectivity index (χ0n) is 6.60. The first kappa shape index (κ1) is 10.6. The highest BCUT2D eigenvalue weighted by Gasteiger charge is 2.04. The summed E-state index contributed by atoms with van der Waals surface area (Å²) in [5.74, 6) is -0.974. The van der Waals surface area contributed by atoms with E-state index >= 15 is 0 Å². The number of rotatable bonds is 6. The second kappa shape index (κ2) is 5.30. The Hall–Kier alpha value is -1.37. The van der Waals surface area contributed by atoms with Gasteiger partial charge in [0.1, 0.15) is 6.61 Å². The maximum absolute atomic E-state index is 10.1. The van der Waals surface area contributed by atoms with Crippen molar-refractivity contribution < 1.29 is 19.8 Å². The van der Waals surface area contributed by atoms with Crippen LogP contribution in [-0.2, 0) is 9.63 Å². The predicted octanol–water partition coefficient (Wildman–Crippen LogP) is -0.789. The molecule has 0 unspecified atom stereocenters. The second-order valence-electron chi connectivity index (χ2n) is 2.19. The summed E-state index contributed by atoms with van der Waals surface area (Å²) in [6, 6.07) is 0. The fourth-order valence-electron chi connectivity index (χ4n) is 0.581. The molecule has 0 aromatic heterocycles. The van der Waals surface area contributed by atoms with Crippen LogP contribution in [-0.4, -0.2) is 47.8 Å². The average Bonchev–Trinajstić information content (AvgIpc) is 1.84. The minimum absolute atomic E-state index is 0.114. The van der Waals surface area contributed by atoms with Gasteiger partial charge in [0.2, 0.25) is 0 Å². The monoisotopic (exact) mass is 178 g/mol. The van der Waals surface area contributed by atoms with Crippen molar-refractivity contribution in [1.29, 1.82) is 0 Å². The molecule has 0 aliphatic rings. The lowest BCUT2D eigenvalue weighted by atomic mass is 10.5. The van der Waals surface area contributed by atoms with E-state index in [0.29, 0.717) is 0 Å². The van der Waals surface area contributed by atoms with Gasteiger partial charge < -0.3 is 9.94 Å². The number of carboxylic acid groups (broad SMARTS) is 1. The highest BCUT2D eigenvalue weighted by atomic mass is 16.9. The first-order valence-electron chi connectivity index (χ1n) is 3.20. The number of carbonyl (C=O) groups is 1. The Morgan fingerprint density at radius 2 is 2.33 bits per heavy atom. The highest BCUT2D eigenvalue weighted by molar-refractivity contribution is 5.68. The molecule has 0 aliphatic heterocycles. The molecular formula is C5H10N2O5. The van der Waals surface area contributed by atoms with Gasteiger partial charge in [0.15, 0.2) is 0 Å². The Balaban J connectivity index is 3.37. The largest absolute Gasteiger partial charge is 0.480 e. The van der Waals surface area contributed by atoms with Crippen LogP contribution in [0.4, 0.5) is 0 Å². The van der Waals surface area contributed by atoms with Gasteiger partial charge in [-0.1, -0.05) is 0 Å². The first-order chi connectivity index (χ1) is 5.52. The molecule has 70 valence electrons. The van der Waals surface area contributed by atoms with Gasteiger partial charge in [0.05, 0.1) is 6.54 Å². The molecule has 0 fully saturated rings. The van der Waals surface area contributed by atoms with Crippen LogP contribution in [0.5, 0.6) is 0 Å². The third kappa shape index (κ3) is 6.75. The topological polar surface area (TPSA) is 92.9 Å². The SMILES string of the molecule is CN(CCO[N+](=O)[O-])CC(=O)O. The van der Waals surface area contributed by atoms with E-state index in [1.807, 2.05) is 0 Å². The summed E-state index contributed by atoms with van der Waals surface area (Å²) in [6.07, 6.45) is 0. The van der Waals surface area contributed by atoms with Crippen molar-refractivity contribution in [2.75, 3.05) is 26.7 Å². The highest BCUT2D eigenvalue weighted by Crippen LogP contribution is 1.83. The maximum Gasteiger partial charge on any atom is 0.317 e. The second-order valence-corrected chi connectivity index (χ2v) is 2.19. The third-order valence-electron chi connectivity index (χ3n) is 1.07. The molecule has 0 aromatic carbocycles. The zero-order valence-corrected chi connectivity index (χ0v) is 6.60. The van der Waals surface area contributed by atoms with Crippen LogP contribution in [0.2, 0.25) is 0 Å². The van der Waals surface area contributed by atoms with Crippen molar-refractivity contribution in [3.05, 3.63) is 10.1 Å². The van der Waals surface area contributed by atoms with Gasteiger partial charge >= 0.3 is 5.97 Å². The van der Waals surface area contributed by atoms with Crippen LogP contribution in [0.1, 0.15) is 0 Å². The van der Waals surface area contributed by atoms with E-state index in [2.05, 4.69) is 4.84 Å². The first-order valence-corrected chi connectivity index (χ1v) is 3.20. The minimum Gasteiger partial charge on any atom is -0.480 e. The van der Waals surface area contributed by atoms with Crippen LogP contribution in [0.15, 0.2) is 0 Å². The van der Waals surface area contributed by atoms with Gasteiger partial charge in [-0.05, 0) is 7.05 Å². The lowest BCUT2D eigenvalue weighted by Crippen LogP contribution is -2.29. The molecule has 12 heavy (non-hydrogen) atoms. The molecule has 0 aliphatic carbocycles. The molecule has 0 bridgehead atoms. The smallest absolute Gasteiger partial charge is 0.317 e. The van der Waals surface area contributed by atoms with Gasteiger partial charge in [-0.15, -0.1) is 10.1 Å². The molecule has 0 saturated carbocycles. The summed E-state index contributed by atoms with van der Waals surface area (Å²) < 4.78 is 0. The normalized spacial score (nSPS) is 9.83. The van der Waals surface area contributed by atoms with Crippen molar-refractivity contribution in [3.8, 4) is 0 Å². The minimum atomic E-state index is -0.974. The molecule has 0 saturated heterocycles. The van der Waals surface area contributed by atoms with E-state index in [-0.39, 0.29) is 19.7 Å². The molecule has 0 rings (SSSR count). The Morgan fingerprint density at radius 3 is 2.75 bits per heavy atom. The Morgan fingerprint density at radius 1 is 1.75 bits per heavy atom. The molecule has 0 aromatic rings. The molecule has 0 atom stereocenters. The number of hydrogen-bond acceptors (Lipinski definition) is 5. The predicted molar refractivity (Wildman–Crippen MR) is 38.1 cm³/mol. The van der Waals surface area contributed by atoms with E-state index in [4.69, 9.17) is 5.11 Å². The van der Waals surface area contributed by atoms with Gasteiger partial charge in [-0.25, -0.2) is 0 Å². The van der Waals surface area contributed by atoms with Crippen molar-refractivity contribution >= 4 is 5.97 Å². The molecule has 7 heteroatoms. The van der Waals surface area contributed by atoms with Crippen LogP contribution >= 0.6 is 0 Å². The summed E-state index contributed by atoms with van der Waals surface area (Å²) in [6.45, 7) is -0.0505. The third-order valence-corrected chi connectivity index (χ3v) is 1.07. The van der Waals surface area contributed by atoms with E-state index in [1.54, 1.807) is 0 Å². The average molecular weight is 178 g/mol. The van der Waals surface area contributed by atoms with Crippen molar-refractivity contribution in [1.82, 2.24) is 4.90 Å².